The number of hydrogen-bond acceptors (Lipinski definition) is 5. The first-order valence-corrected chi connectivity index (χ1v) is 10.7. The Bertz CT molecular complexity index is 1270. The standard InChI is InChI=1S/C26H19NO3S/c1-27(2)23-13-12-22(31-23)21-15-17(14-20(30-21)16-8-4-3-5-9-16)24-25(28)18-10-6-7-11-19(18)26(24)29/h3-15H,1-2H3. The molecule has 0 spiro atoms. The van der Waals surface area contributed by atoms with Crippen LogP contribution in [0, 0.1) is 0 Å². The van der Waals surface area contributed by atoms with E-state index in [0.29, 0.717) is 28.2 Å². The van der Waals surface area contributed by atoms with Crippen LogP contribution in [0.3, 0.4) is 0 Å². The maximum Gasteiger partial charge on any atom is 0.198 e. The fourth-order valence-corrected chi connectivity index (χ4v) is 4.61. The molecular weight excluding hydrogens is 406 g/mol. The molecule has 4 nitrogen and oxygen atoms in total. The Morgan fingerprint density at radius 1 is 0.742 bits per heavy atom. The van der Waals surface area contributed by atoms with Gasteiger partial charge in [-0.1, -0.05) is 54.6 Å². The summed E-state index contributed by atoms with van der Waals surface area (Å²) in [6, 6.07) is 20.7. The zero-order valence-corrected chi connectivity index (χ0v) is 17.9. The molecule has 1 aliphatic carbocycles. The number of nitrogens with zero attached hydrogens (tertiary/aromatic N) is 1. The maximum atomic E-state index is 13.1. The van der Waals surface area contributed by atoms with Gasteiger partial charge in [-0.2, -0.15) is 0 Å². The quantitative estimate of drug-likeness (QED) is 0.405. The molecule has 5 heteroatoms. The molecule has 5 rings (SSSR count). The molecule has 152 valence electrons. The molecule has 0 saturated carbocycles. The molecule has 3 aromatic rings. The lowest BCUT2D eigenvalue weighted by Gasteiger charge is -2.19. The molecule has 2 aromatic carbocycles. The van der Waals surface area contributed by atoms with Gasteiger partial charge in [0.2, 0.25) is 0 Å². The fraction of sp³-hybridized carbons (Fsp3) is 0.0769. The molecule has 0 unspecified atom stereocenters. The van der Waals surface area contributed by atoms with Gasteiger partial charge in [0.05, 0.1) is 15.5 Å². The van der Waals surface area contributed by atoms with Crippen LogP contribution in [0.15, 0.2) is 90.0 Å². The predicted molar refractivity (Wildman–Crippen MR) is 124 cm³/mol. The van der Waals surface area contributed by atoms with E-state index in [1.807, 2.05) is 61.5 Å². The highest BCUT2D eigenvalue weighted by Gasteiger charge is 2.35. The summed E-state index contributed by atoms with van der Waals surface area (Å²) in [5.41, 5.74) is 2.56. The first-order valence-electron chi connectivity index (χ1n) is 9.90. The molecule has 0 N–H and O–H groups in total. The number of benzene rings is 2. The third-order valence-corrected chi connectivity index (χ3v) is 6.55. The molecule has 1 aliphatic heterocycles. The van der Waals surface area contributed by atoms with Crippen LogP contribution in [0.5, 0.6) is 0 Å². The third kappa shape index (κ3) is 3.33. The van der Waals surface area contributed by atoms with Crippen molar-refractivity contribution in [3.63, 3.8) is 0 Å². The maximum absolute atomic E-state index is 13.1. The highest BCUT2D eigenvalue weighted by molar-refractivity contribution is 7.17. The highest BCUT2D eigenvalue weighted by atomic mass is 32.1. The van der Waals surface area contributed by atoms with E-state index >= 15 is 0 Å². The van der Waals surface area contributed by atoms with Crippen LogP contribution < -0.4 is 4.90 Å². The first kappa shape index (κ1) is 19.3. The number of ether oxygens (including phenoxy) is 1. The second-order valence-corrected chi connectivity index (χ2v) is 8.61. The number of rotatable bonds is 3. The lowest BCUT2D eigenvalue weighted by molar-refractivity contribution is 0.0988. The second kappa shape index (κ2) is 7.52. The van der Waals surface area contributed by atoms with Crippen LogP contribution in [-0.2, 0) is 4.74 Å². The summed E-state index contributed by atoms with van der Waals surface area (Å²) in [7, 11) is 3.98. The number of anilines is 1. The van der Waals surface area contributed by atoms with E-state index in [9.17, 15) is 9.59 Å². The lowest BCUT2D eigenvalue weighted by atomic mass is 9.99. The molecule has 0 atom stereocenters. The van der Waals surface area contributed by atoms with Gasteiger partial charge in [0.15, 0.2) is 11.6 Å². The average Bonchev–Trinajstić information content (AvgIpc) is 3.39. The molecule has 0 fully saturated rings. The third-order valence-electron chi connectivity index (χ3n) is 5.29. The van der Waals surface area contributed by atoms with Crippen LogP contribution in [0.25, 0.3) is 11.5 Å². The van der Waals surface area contributed by atoms with Crippen molar-refractivity contribution in [2.24, 2.45) is 0 Å². The molecule has 0 saturated heterocycles. The summed E-state index contributed by atoms with van der Waals surface area (Å²) in [5.74, 6) is 0.754. The van der Waals surface area contributed by atoms with E-state index in [1.165, 1.54) is 0 Å². The molecule has 1 aromatic heterocycles. The average molecular weight is 426 g/mol. The smallest absolute Gasteiger partial charge is 0.198 e. The zero-order valence-electron chi connectivity index (χ0n) is 17.1. The van der Waals surface area contributed by atoms with Crippen molar-refractivity contribution in [3.8, 4) is 0 Å². The van der Waals surface area contributed by atoms with Crippen molar-refractivity contribution >= 4 is 39.4 Å². The molecular formula is C26H19NO3S. The Morgan fingerprint density at radius 2 is 1.35 bits per heavy atom. The van der Waals surface area contributed by atoms with E-state index in [2.05, 4.69) is 0 Å². The van der Waals surface area contributed by atoms with E-state index in [1.54, 1.807) is 47.8 Å². The summed E-state index contributed by atoms with van der Waals surface area (Å²) in [6.07, 6.45) is 3.59. The number of allylic oxidation sites excluding steroid dienone is 4. The van der Waals surface area contributed by atoms with Gasteiger partial charge in [-0.25, -0.2) is 0 Å². The Kier molecular flexibility index (Phi) is 4.68. The van der Waals surface area contributed by atoms with Crippen molar-refractivity contribution in [3.05, 3.63) is 112 Å². The van der Waals surface area contributed by atoms with Crippen molar-refractivity contribution in [2.75, 3.05) is 19.0 Å². The van der Waals surface area contributed by atoms with E-state index < -0.39 is 0 Å². The number of hydrogen-bond donors (Lipinski definition) is 0. The van der Waals surface area contributed by atoms with E-state index in [4.69, 9.17) is 4.74 Å². The van der Waals surface area contributed by atoms with Gasteiger partial charge in [0.1, 0.15) is 11.5 Å². The van der Waals surface area contributed by atoms with Gasteiger partial charge in [-0.3, -0.25) is 9.59 Å². The molecule has 2 heterocycles. The molecule has 0 bridgehead atoms. The normalized spacial score (nSPS) is 15.4. The largest absolute Gasteiger partial charge is 0.455 e. The number of thiophene rings is 1. The summed E-state index contributed by atoms with van der Waals surface area (Å²) in [5, 5.41) is 1.09. The predicted octanol–water partition coefficient (Wildman–Crippen LogP) is 5.60. The lowest BCUT2D eigenvalue weighted by Crippen LogP contribution is -2.07. The van der Waals surface area contributed by atoms with Gasteiger partial charge in [-0.15, -0.1) is 11.3 Å². The summed E-state index contributed by atoms with van der Waals surface area (Å²) in [4.78, 5) is 29.2. The van der Waals surface area contributed by atoms with Gasteiger partial charge in [-0.05, 0) is 29.9 Å². The molecule has 0 radical (unpaired) electrons. The van der Waals surface area contributed by atoms with Gasteiger partial charge in [0.25, 0.3) is 0 Å². The molecule has 31 heavy (non-hydrogen) atoms. The molecule has 0 amide bonds. The van der Waals surface area contributed by atoms with Gasteiger partial charge in [0, 0.05) is 30.8 Å². The van der Waals surface area contributed by atoms with Crippen molar-refractivity contribution < 1.29 is 14.3 Å². The van der Waals surface area contributed by atoms with Crippen LogP contribution in [0.2, 0.25) is 0 Å². The number of carbonyl (C=O) groups is 2. The highest BCUT2D eigenvalue weighted by Crippen LogP contribution is 2.39. The Labute approximate surface area is 184 Å². The second-order valence-electron chi connectivity index (χ2n) is 7.55. The minimum atomic E-state index is -0.239. The Balaban J connectivity index is 1.68. The minimum absolute atomic E-state index is 0.194. The molecule has 2 aliphatic rings. The van der Waals surface area contributed by atoms with Crippen molar-refractivity contribution in [1.29, 1.82) is 0 Å². The van der Waals surface area contributed by atoms with Crippen LogP contribution in [0.4, 0.5) is 5.00 Å². The monoisotopic (exact) mass is 425 g/mol. The van der Waals surface area contributed by atoms with Crippen LogP contribution >= 0.6 is 11.3 Å². The fourth-order valence-electron chi connectivity index (χ4n) is 3.73. The van der Waals surface area contributed by atoms with Gasteiger partial charge >= 0.3 is 0 Å². The Hall–Kier alpha value is -3.70. The first-order chi connectivity index (χ1) is 15.0. The van der Waals surface area contributed by atoms with E-state index in [0.717, 1.165) is 15.4 Å². The zero-order chi connectivity index (χ0) is 21.5. The minimum Gasteiger partial charge on any atom is -0.455 e. The SMILES string of the molecule is CN(C)c1ccc(C2=CC(=C3C(=O)c4ccccc4C3=O)C=C(c3ccccc3)O2)s1. The summed E-state index contributed by atoms with van der Waals surface area (Å²) < 4.78 is 6.25. The van der Waals surface area contributed by atoms with Crippen LogP contribution in [-0.4, -0.2) is 25.7 Å². The van der Waals surface area contributed by atoms with Gasteiger partial charge < -0.3 is 9.64 Å². The number of Topliss-reactive ketones (excluding diaryl/α,β-unsaturated/α-hetero) is 2. The topological polar surface area (TPSA) is 46.6 Å². The van der Waals surface area contributed by atoms with Crippen LogP contribution in [0.1, 0.15) is 31.2 Å². The Morgan fingerprint density at radius 3 is 1.97 bits per heavy atom. The number of ketones is 2. The number of fused-ring (bicyclic) bond motifs is 1. The van der Waals surface area contributed by atoms with Crippen molar-refractivity contribution in [1.82, 2.24) is 0 Å². The summed E-state index contributed by atoms with van der Waals surface area (Å²) in [6.45, 7) is 0. The number of carbonyl (C=O) groups excluding carboxylic acids is 2. The van der Waals surface area contributed by atoms with Crippen molar-refractivity contribution in [2.45, 2.75) is 0 Å². The van der Waals surface area contributed by atoms with E-state index in [-0.39, 0.29) is 17.1 Å². The summed E-state index contributed by atoms with van der Waals surface area (Å²) >= 11 is 1.59.